The molecule has 6 nitrogen and oxygen atoms in total. The molecule has 1 aliphatic rings. The van der Waals surface area contributed by atoms with Crippen molar-refractivity contribution >= 4 is 63.8 Å². The number of rotatable bonds is 5. The second kappa shape index (κ2) is 9.47. The van der Waals surface area contributed by atoms with Crippen molar-refractivity contribution in [1.29, 1.82) is 0 Å². The fraction of sp³-hybridized carbons (Fsp3) is 0.125. The molecular formula is C24H18Cl2N2O4S. The minimum atomic E-state index is -0.553. The van der Waals surface area contributed by atoms with Crippen LogP contribution in [0.3, 0.4) is 0 Å². The van der Waals surface area contributed by atoms with E-state index in [0.717, 1.165) is 27.8 Å². The van der Waals surface area contributed by atoms with Crippen LogP contribution < -0.4 is 5.32 Å². The largest absolute Gasteiger partial charge is 0.457 e. The average Bonchev–Trinajstić information content (AvgIpc) is 3.30. The molecule has 2 heterocycles. The van der Waals surface area contributed by atoms with Gasteiger partial charge in [0, 0.05) is 22.3 Å². The van der Waals surface area contributed by atoms with Gasteiger partial charge in [-0.15, -0.1) is 0 Å². The number of carbonyl (C=O) groups is 3. The molecule has 9 heteroatoms. The number of nitrogens with one attached hydrogen (secondary N) is 1. The van der Waals surface area contributed by atoms with E-state index >= 15 is 0 Å². The van der Waals surface area contributed by atoms with Crippen LogP contribution in [-0.2, 0) is 9.59 Å². The molecule has 1 aliphatic heterocycles. The summed E-state index contributed by atoms with van der Waals surface area (Å²) in [7, 11) is 0. The van der Waals surface area contributed by atoms with Crippen molar-refractivity contribution in [3.05, 3.63) is 80.4 Å². The average molecular weight is 501 g/mol. The molecule has 1 aromatic heterocycles. The number of nitrogens with zero attached hydrogens (tertiary/aromatic N) is 1. The molecule has 3 aromatic rings. The molecule has 0 spiro atoms. The Morgan fingerprint density at radius 2 is 1.88 bits per heavy atom. The number of amides is 3. The predicted octanol–water partition coefficient (Wildman–Crippen LogP) is 6.55. The Balaban J connectivity index is 1.47. The number of aryl methyl sites for hydroxylation is 2. The number of imide groups is 1. The van der Waals surface area contributed by atoms with Gasteiger partial charge in [-0.3, -0.25) is 19.3 Å². The van der Waals surface area contributed by atoms with Crippen molar-refractivity contribution in [2.75, 3.05) is 11.9 Å². The number of hydrogen-bond donors (Lipinski definition) is 1. The fourth-order valence-electron chi connectivity index (χ4n) is 3.32. The lowest BCUT2D eigenvalue weighted by Crippen LogP contribution is -2.36. The first-order valence-corrected chi connectivity index (χ1v) is 11.5. The molecule has 33 heavy (non-hydrogen) atoms. The van der Waals surface area contributed by atoms with Crippen molar-refractivity contribution in [3.8, 4) is 11.3 Å². The van der Waals surface area contributed by atoms with Crippen molar-refractivity contribution in [2.24, 2.45) is 0 Å². The van der Waals surface area contributed by atoms with Gasteiger partial charge in [-0.1, -0.05) is 40.9 Å². The number of halogens is 2. The first-order valence-electron chi connectivity index (χ1n) is 9.89. The Morgan fingerprint density at radius 1 is 1.09 bits per heavy atom. The molecule has 2 aromatic carbocycles. The lowest BCUT2D eigenvalue weighted by Gasteiger charge is -2.13. The molecule has 4 rings (SSSR count). The molecule has 0 saturated carbocycles. The summed E-state index contributed by atoms with van der Waals surface area (Å²) in [4.78, 5) is 38.7. The minimum Gasteiger partial charge on any atom is -0.457 e. The number of carbonyl (C=O) groups excluding carboxylic acids is 3. The maximum atomic E-state index is 12.7. The summed E-state index contributed by atoms with van der Waals surface area (Å²) in [5, 5.41) is 3.16. The van der Waals surface area contributed by atoms with Crippen LogP contribution in [0.1, 0.15) is 16.9 Å². The minimum absolute atomic E-state index is 0.169. The molecule has 0 radical (unpaired) electrons. The Bertz CT molecular complexity index is 1320. The second-order valence-corrected chi connectivity index (χ2v) is 9.30. The van der Waals surface area contributed by atoms with Crippen LogP contribution in [0.5, 0.6) is 0 Å². The van der Waals surface area contributed by atoms with Gasteiger partial charge in [0.2, 0.25) is 5.91 Å². The van der Waals surface area contributed by atoms with E-state index in [1.807, 2.05) is 26.0 Å². The highest BCUT2D eigenvalue weighted by atomic mass is 35.5. The maximum absolute atomic E-state index is 12.7. The number of furan rings is 1. The topological polar surface area (TPSA) is 79.6 Å². The molecule has 0 aliphatic carbocycles. The van der Waals surface area contributed by atoms with Gasteiger partial charge < -0.3 is 9.73 Å². The van der Waals surface area contributed by atoms with Crippen molar-refractivity contribution in [2.45, 2.75) is 13.8 Å². The molecule has 0 atom stereocenters. The summed E-state index contributed by atoms with van der Waals surface area (Å²) in [5.74, 6) is -0.136. The number of anilines is 1. The van der Waals surface area contributed by atoms with Crippen LogP contribution >= 0.6 is 35.0 Å². The van der Waals surface area contributed by atoms with E-state index < -0.39 is 17.1 Å². The van der Waals surface area contributed by atoms with Gasteiger partial charge in [-0.2, -0.15) is 0 Å². The van der Waals surface area contributed by atoms with Gasteiger partial charge in [0.1, 0.15) is 18.1 Å². The Kier molecular flexibility index (Phi) is 6.65. The smallest absolute Gasteiger partial charge is 0.294 e. The molecule has 3 amide bonds. The van der Waals surface area contributed by atoms with Crippen molar-refractivity contribution < 1.29 is 18.8 Å². The van der Waals surface area contributed by atoms with Crippen LogP contribution in [0.4, 0.5) is 10.5 Å². The zero-order valence-corrected chi connectivity index (χ0v) is 20.0. The van der Waals surface area contributed by atoms with E-state index in [4.69, 9.17) is 27.6 Å². The second-order valence-electron chi connectivity index (χ2n) is 7.46. The van der Waals surface area contributed by atoms with Gasteiger partial charge in [0.05, 0.1) is 9.93 Å². The third-order valence-electron chi connectivity index (χ3n) is 4.93. The Hall–Kier alpha value is -3.00. The molecule has 0 bridgehead atoms. The summed E-state index contributed by atoms with van der Waals surface area (Å²) in [6, 6.07) is 14.0. The van der Waals surface area contributed by atoms with E-state index in [-0.39, 0.29) is 11.4 Å². The van der Waals surface area contributed by atoms with E-state index in [1.165, 1.54) is 6.08 Å². The maximum Gasteiger partial charge on any atom is 0.294 e. The van der Waals surface area contributed by atoms with Gasteiger partial charge in [-0.25, -0.2) is 0 Å². The predicted molar refractivity (Wildman–Crippen MR) is 131 cm³/mol. The van der Waals surface area contributed by atoms with Gasteiger partial charge >= 0.3 is 0 Å². The van der Waals surface area contributed by atoms with E-state index in [0.29, 0.717) is 32.8 Å². The lowest BCUT2D eigenvalue weighted by atomic mass is 10.1. The van der Waals surface area contributed by atoms with Crippen LogP contribution in [-0.4, -0.2) is 28.5 Å². The third kappa shape index (κ3) is 5.16. The zero-order valence-electron chi connectivity index (χ0n) is 17.6. The highest BCUT2D eigenvalue weighted by Gasteiger charge is 2.36. The zero-order chi connectivity index (χ0) is 23.7. The Labute approximate surface area is 204 Å². The Morgan fingerprint density at radius 3 is 2.61 bits per heavy atom. The van der Waals surface area contributed by atoms with Gasteiger partial charge in [0.25, 0.3) is 11.1 Å². The number of benzene rings is 2. The third-order valence-corrected chi connectivity index (χ3v) is 6.38. The molecular weight excluding hydrogens is 483 g/mol. The molecule has 1 fully saturated rings. The SMILES string of the molecule is Cc1ccc(NC(=O)CN2C(=O)S/C(=C/c3ccc(-c4ccc(Cl)cc4Cl)o3)C2=O)c(C)c1. The normalized spacial score (nSPS) is 14.9. The molecule has 168 valence electrons. The first kappa shape index (κ1) is 23.2. The van der Waals surface area contributed by atoms with Crippen LogP contribution in [0.2, 0.25) is 10.0 Å². The van der Waals surface area contributed by atoms with Gasteiger partial charge in [-0.05, 0) is 67.6 Å². The van der Waals surface area contributed by atoms with E-state index in [9.17, 15) is 14.4 Å². The molecule has 1 N–H and O–H groups in total. The highest BCUT2D eigenvalue weighted by molar-refractivity contribution is 8.18. The lowest BCUT2D eigenvalue weighted by molar-refractivity contribution is -0.127. The number of hydrogen-bond acceptors (Lipinski definition) is 5. The summed E-state index contributed by atoms with van der Waals surface area (Å²) in [5.41, 5.74) is 3.25. The van der Waals surface area contributed by atoms with Gasteiger partial charge in [0.15, 0.2) is 0 Å². The summed E-state index contributed by atoms with van der Waals surface area (Å²) in [6.07, 6.45) is 1.47. The van der Waals surface area contributed by atoms with Crippen molar-refractivity contribution in [1.82, 2.24) is 4.90 Å². The van der Waals surface area contributed by atoms with Crippen LogP contribution in [0.25, 0.3) is 17.4 Å². The molecule has 0 unspecified atom stereocenters. The first-order chi connectivity index (χ1) is 15.7. The summed E-state index contributed by atoms with van der Waals surface area (Å²) in [6.45, 7) is 3.46. The highest BCUT2D eigenvalue weighted by Crippen LogP contribution is 2.35. The molecule has 1 saturated heterocycles. The van der Waals surface area contributed by atoms with E-state index in [1.54, 1.807) is 36.4 Å². The number of thioether (sulfide) groups is 1. The quantitative estimate of drug-likeness (QED) is 0.402. The van der Waals surface area contributed by atoms with Crippen LogP contribution in [0.15, 0.2) is 57.9 Å². The van der Waals surface area contributed by atoms with Crippen LogP contribution in [0, 0.1) is 13.8 Å². The summed E-state index contributed by atoms with van der Waals surface area (Å²) < 4.78 is 5.78. The standard InChI is InChI=1S/C24H18Cl2N2O4S/c1-13-3-7-19(14(2)9-13)27-22(29)12-28-23(30)21(33-24(28)31)11-16-5-8-20(32-16)17-6-4-15(25)10-18(17)26/h3-11H,12H2,1-2H3,(H,27,29)/b21-11+. The monoisotopic (exact) mass is 500 g/mol. The summed E-state index contributed by atoms with van der Waals surface area (Å²) >= 11 is 12.9. The fourth-order valence-corrected chi connectivity index (χ4v) is 4.64. The van der Waals surface area contributed by atoms with E-state index in [2.05, 4.69) is 5.32 Å². The van der Waals surface area contributed by atoms with Crippen molar-refractivity contribution in [3.63, 3.8) is 0 Å².